The van der Waals surface area contributed by atoms with Crippen LogP contribution in [-0.2, 0) is 14.3 Å². The van der Waals surface area contributed by atoms with Crippen molar-refractivity contribution in [2.45, 2.75) is 13.8 Å². The molecule has 2 rings (SSSR count). The van der Waals surface area contributed by atoms with Crippen molar-refractivity contribution < 1.29 is 14.3 Å². The zero-order valence-corrected chi connectivity index (χ0v) is 12.4. The van der Waals surface area contributed by atoms with Crippen LogP contribution in [0.3, 0.4) is 0 Å². The molecule has 6 heteroatoms. The summed E-state index contributed by atoms with van der Waals surface area (Å²) >= 11 is 0. The van der Waals surface area contributed by atoms with Gasteiger partial charge in [-0.15, -0.1) is 0 Å². The second-order valence-corrected chi connectivity index (χ2v) is 5.15. The fraction of sp³-hybridized carbons (Fsp3) is 0.467. The van der Waals surface area contributed by atoms with Gasteiger partial charge >= 0.3 is 0 Å². The van der Waals surface area contributed by atoms with Crippen molar-refractivity contribution in [2.24, 2.45) is 0 Å². The molecule has 114 valence electrons. The lowest BCUT2D eigenvalue weighted by Gasteiger charge is -2.25. The van der Waals surface area contributed by atoms with Crippen molar-refractivity contribution >= 4 is 23.2 Å². The van der Waals surface area contributed by atoms with E-state index in [1.165, 1.54) is 6.92 Å². The van der Waals surface area contributed by atoms with Gasteiger partial charge in [-0.3, -0.25) is 14.5 Å². The molecule has 0 atom stereocenters. The highest BCUT2D eigenvalue weighted by atomic mass is 16.5. The van der Waals surface area contributed by atoms with Crippen LogP contribution in [0.4, 0.5) is 11.4 Å². The Morgan fingerprint density at radius 3 is 2.57 bits per heavy atom. The topological polar surface area (TPSA) is 70.7 Å². The maximum atomic E-state index is 12.0. The number of ether oxygens (including phenoxy) is 1. The summed E-state index contributed by atoms with van der Waals surface area (Å²) in [5.41, 5.74) is 2.41. The highest BCUT2D eigenvalue weighted by Crippen LogP contribution is 2.19. The molecule has 0 aliphatic carbocycles. The zero-order valence-electron chi connectivity index (χ0n) is 12.4. The number of hydrogen-bond acceptors (Lipinski definition) is 4. The molecule has 1 aromatic carbocycles. The fourth-order valence-electron chi connectivity index (χ4n) is 2.24. The predicted molar refractivity (Wildman–Crippen MR) is 81.4 cm³/mol. The molecule has 0 spiro atoms. The average Bonchev–Trinajstić information content (AvgIpc) is 2.42. The summed E-state index contributed by atoms with van der Waals surface area (Å²) in [5.74, 6) is -0.147. The number of benzene rings is 1. The summed E-state index contributed by atoms with van der Waals surface area (Å²) < 4.78 is 5.26. The zero-order chi connectivity index (χ0) is 15.2. The van der Waals surface area contributed by atoms with E-state index in [1.807, 2.05) is 13.0 Å². The number of nitrogens with one attached hydrogen (secondary N) is 2. The van der Waals surface area contributed by atoms with Crippen LogP contribution >= 0.6 is 0 Å². The molecule has 1 aromatic rings. The van der Waals surface area contributed by atoms with Crippen LogP contribution < -0.4 is 10.6 Å². The number of aryl methyl sites for hydroxylation is 1. The van der Waals surface area contributed by atoms with E-state index in [2.05, 4.69) is 15.5 Å². The van der Waals surface area contributed by atoms with Crippen LogP contribution in [-0.4, -0.2) is 49.6 Å². The van der Waals surface area contributed by atoms with E-state index in [-0.39, 0.29) is 11.8 Å². The van der Waals surface area contributed by atoms with E-state index in [0.29, 0.717) is 19.8 Å². The second kappa shape index (κ2) is 7.19. The van der Waals surface area contributed by atoms with E-state index >= 15 is 0 Å². The number of carbonyl (C=O) groups is 2. The molecule has 2 amide bonds. The van der Waals surface area contributed by atoms with Gasteiger partial charge < -0.3 is 15.4 Å². The third-order valence-electron chi connectivity index (χ3n) is 3.29. The summed E-state index contributed by atoms with van der Waals surface area (Å²) in [6.45, 7) is 6.66. The molecular weight excluding hydrogens is 270 g/mol. The molecule has 0 unspecified atom stereocenters. The lowest BCUT2D eigenvalue weighted by atomic mass is 10.1. The minimum Gasteiger partial charge on any atom is -0.379 e. The largest absolute Gasteiger partial charge is 0.379 e. The first kappa shape index (κ1) is 15.5. The predicted octanol–water partition coefficient (Wildman–Crippen LogP) is 1.22. The van der Waals surface area contributed by atoms with Gasteiger partial charge in [-0.1, -0.05) is 0 Å². The molecule has 0 saturated carbocycles. The Hall–Kier alpha value is -1.92. The first-order valence-electron chi connectivity index (χ1n) is 7.03. The summed E-state index contributed by atoms with van der Waals surface area (Å²) in [5, 5.41) is 5.62. The molecule has 1 saturated heterocycles. The number of rotatable bonds is 4. The van der Waals surface area contributed by atoms with Crippen LogP contribution in [0.1, 0.15) is 12.5 Å². The highest BCUT2D eigenvalue weighted by molar-refractivity contribution is 5.94. The average molecular weight is 291 g/mol. The van der Waals surface area contributed by atoms with E-state index in [4.69, 9.17) is 4.74 Å². The van der Waals surface area contributed by atoms with Crippen LogP contribution in [0, 0.1) is 6.92 Å². The smallest absolute Gasteiger partial charge is 0.238 e. The van der Waals surface area contributed by atoms with Gasteiger partial charge in [0, 0.05) is 31.4 Å². The Morgan fingerprint density at radius 2 is 1.95 bits per heavy atom. The number of carbonyl (C=O) groups excluding carboxylic acids is 2. The van der Waals surface area contributed by atoms with Crippen molar-refractivity contribution in [2.75, 3.05) is 43.5 Å². The molecule has 0 radical (unpaired) electrons. The van der Waals surface area contributed by atoms with Crippen LogP contribution in [0.2, 0.25) is 0 Å². The molecule has 1 aliphatic rings. The molecule has 0 bridgehead atoms. The maximum absolute atomic E-state index is 12.0. The number of anilines is 2. The number of nitrogens with zero attached hydrogens (tertiary/aromatic N) is 1. The minimum atomic E-state index is -0.112. The van der Waals surface area contributed by atoms with Gasteiger partial charge in [-0.25, -0.2) is 0 Å². The Morgan fingerprint density at radius 1 is 1.24 bits per heavy atom. The Bertz CT molecular complexity index is 525. The lowest BCUT2D eigenvalue weighted by Crippen LogP contribution is -2.41. The highest BCUT2D eigenvalue weighted by Gasteiger charge is 2.14. The third kappa shape index (κ3) is 4.84. The summed E-state index contributed by atoms with van der Waals surface area (Å²) in [7, 11) is 0. The van der Waals surface area contributed by atoms with Gasteiger partial charge in [0.05, 0.1) is 19.8 Å². The van der Waals surface area contributed by atoms with Gasteiger partial charge in [-0.2, -0.15) is 0 Å². The molecule has 1 aliphatic heterocycles. The van der Waals surface area contributed by atoms with Crippen LogP contribution in [0.5, 0.6) is 0 Å². The number of hydrogen-bond donors (Lipinski definition) is 2. The molecule has 2 N–H and O–H groups in total. The van der Waals surface area contributed by atoms with E-state index in [9.17, 15) is 9.59 Å². The van der Waals surface area contributed by atoms with Crippen molar-refractivity contribution in [1.82, 2.24) is 4.90 Å². The molecule has 6 nitrogen and oxygen atoms in total. The molecule has 1 fully saturated rings. The van der Waals surface area contributed by atoms with E-state index < -0.39 is 0 Å². The van der Waals surface area contributed by atoms with Crippen LogP contribution in [0.15, 0.2) is 18.2 Å². The lowest BCUT2D eigenvalue weighted by molar-refractivity contribution is -0.118. The Labute approximate surface area is 124 Å². The number of morpholine rings is 1. The van der Waals surface area contributed by atoms with Gasteiger partial charge in [-0.05, 0) is 30.7 Å². The van der Waals surface area contributed by atoms with Gasteiger partial charge in [0.2, 0.25) is 11.8 Å². The van der Waals surface area contributed by atoms with Gasteiger partial charge in [0.25, 0.3) is 0 Å². The summed E-state index contributed by atoms with van der Waals surface area (Å²) in [6.07, 6.45) is 0. The normalized spacial score (nSPS) is 15.5. The first-order valence-corrected chi connectivity index (χ1v) is 7.03. The number of amides is 2. The maximum Gasteiger partial charge on any atom is 0.238 e. The minimum absolute atomic E-state index is 0.0349. The van der Waals surface area contributed by atoms with Crippen molar-refractivity contribution in [3.63, 3.8) is 0 Å². The monoisotopic (exact) mass is 291 g/mol. The van der Waals surface area contributed by atoms with Crippen LogP contribution in [0.25, 0.3) is 0 Å². The molecule has 1 heterocycles. The van der Waals surface area contributed by atoms with E-state index in [1.54, 1.807) is 12.1 Å². The van der Waals surface area contributed by atoms with Crippen molar-refractivity contribution in [3.05, 3.63) is 23.8 Å². The SMILES string of the molecule is CC(=O)Nc1ccc(NC(=O)CN2CCOCC2)c(C)c1. The molecule has 0 aromatic heterocycles. The Balaban J connectivity index is 1.92. The van der Waals surface area contributed by atoms with Gasteiger partial charge in [0.1, 0.15) is 0 Å². The third-order valence-corrected chi connectivity index (χ3v) is 3.29. The van der Waals surface area contributed by atoms with Crippen molar-refractivity contribution in [3.8, 4) is 0 Å². The Kier molecular flexibility index (Phi) is 5.30. The molecule has 21 heavy (non-hydrogen) atoms. The van der Waals surface area contributed by atoms with E-state index in [0.717, 1.165) is 30.0 Å². The summed E-state index contributed by atoms with van der Waals surface area (Å²) in [4.78, 5) is 25.1. The second-order valence-electron chi connectivity index (χ2n) is 5.15. The molecular formula is C15H21N3O3. The first-order chi connectivity index (χ1) is 10.0. The fourth-order valence-corrected chi connectivity index (χ4v) is 2.24. The van der Waals surface area contributed by atoms with Crippen molar-refractivity contribution in [1.29, 1.82) is 0 Å². The summed E-state index contributed by atoms with van der Waals surface area (Å²) in [6, 6.07) is 5.42. The van der Waals surface area contributed by atoms with Gasteiger partial charge in [0.15, 0.2) is 0 Å². The quantitative estimate of drug-likeness (QED) is 0.875. The standard InChI is InChI=1S/C15H21N3O3/c1-11-9-13(16-12(2)19)3-4-14(11)17-15(20)10-18-5-7-21-8-6-18/h3-4,9H,5-8,10H2,1-2H3,(H,16,19)(H,17,20).